The molecule has 4 heteroatoms. The minimum absolute atomic E-state index is 0.169. The molecule has 1 amide bonds. The fraction of sp³-hybridized carbons (Fsp3) is 0.393. The second-order valence-corrected chi connectivity index (χ2v) is 10.3. The number of carbonyl (C=O) groups is 1. The molecule has 4 nitrogen and oxygen atoms in total. The summed E-state index contributed by atoms with van der Waals surface area (Å²) in [5.74, 6) is 0.875. The molecule has 3 aromatic rings. The number of aryl methyl sites for hydroxylation is 1. The molecule has 2 N–H and O–H groups in total. The Bertz CT molecular complexity index is 1150. The first-order valence-corrected chi connectivity index (χ1v) is 11.4. The standard InChI is InChI=1S/C28H34N2O2/c1-18-15-21-22(28(4,5)14-13-27(21,2)3)17-19(18)16-20-11-12-25(32-20)26(31)30-24-10-8-7-9-23(24)29-6/h7-12,15,17,29H,13-14,16H2,1-6H3,(H,30,31). The Morgan fingerprint density at radius 2 is 1.56 bits per heavy atom. The second-order valence-electron chi connectivity index (χ2n) is 10.3. The van der Waals surface area contributed by atoms with Gasteiger partial charge in [-0.3, -0.25) is 4.79 Å². The number of hydrogen-bond donors (Lipinski definition) is 2. The maximum absolute atomic E-state index is 12.7. The number of nitrogens with one attached hydrogen (secondary N) is 2. The number of fused-ring (bicyclic) bond motifs is 1. The Labute approximate surface area is 191 Å². The molecule has 0 aliphatic heterocycles. The molecule has 32 heavy (non-hydrogen) atoms. The van der Waals surface area contributed by atoms with Gasteiger partial charge in [-0.15, -0.1) is 0 Å². The topological polar surface area (TPSA) is 54.3 Å². The van der Waals surface area contributed by atoms with Gasteiger partial charge < -0.3 is 15.1 Å². The molecular formula is C28H34N2O2. The van der Waals surface area contributed by atoms with Gasteiger partial charge in [0.1, 0.15) is 5.76 Å². The molecule has 1 aromatic heterocycles. The van der Waals surface area contributed by atoms with Crippen molar-refractivity contribution in [3.8, 4) is 0 Å². The summed E-state index contributed by atoms with van der Waals surface area (Å²) in [6, 6.07) is 16.0. The van der Waals surface area contributed by atoms with E-state index in [1.165, 1.54) is 35.1 Å². The van der Waals surface area contributed by atoms with Crippen molar-refractivity contribution in [1.82, 2.24) is 0 Å². The summed E-state index contributed by atoms with van der Waals surface area (Å²) in [7, 11) is 1.83. The maximum Gasteiger partial charge on any atom is 0.291 e. The van der Waals surface area contributed by atoms with E-state index < -0.39 is 0 Å². The molecule has 1 aliphatic rings. The van der Waals surface area contributed by atoms with Crippen LogP contribution in [-0.4, -0.2) is 13.0 Å². The first kappa shape index (κ1) is 22.2. The zero-order chi connectivity index (χ0) is 23.1. The molecule has 0 saturated carbocycles. The lowest BCUT2D eigenvalue weighted by atomic mass is 9.62. The number of amides is 1. The molecule has 0 atom stereocenters. The van der Waals surface area contributed by atoms with E-state index in [4.69, 9.17) is 4.42 Å². The van der Waals surface area contributed by atoms with E-state index in [9.17, 15) is 4.79 Å². The lowest BCUT2D eigenvalue weighted by molar-refractivity contribution is 0.0995. The average Bonchev–Trinajstić information content (AvgIpc) is 3.22. The number of hydrogen-bond acceptors (Lipinski definition) is 3. The quantitative estimate of drug-likeness (QED) is 0.467. The number of rotatable bonds is 5. The summed E-state index contributed by atoms with van der Waals surface area (Å²) in [6.07, 6.45) is 3.07. The molecule has 1 aliphatic carbocycles. The van der Waals surface area contributed by atoms with Gasteiger partial charge in [0.05, 0.1) is 11.4 Å². The van der Waals surface area contributed by atoms with E-state index in [0.717, 1.165) is 17.1 Å². The van der Waals surface area contributed by atoms with Crippen LogP contribution in [0.15, 0.2) is 52.9 Å². The zero-order valence-corrected chi connectivity index (χ0v) is 20.1. The smallest absolute Gasteiger partial charge is 0.291 e. The van der Waals surface area contributed by atoms with Crippen LogP contribution in [0.5, 0.6) is 0 Å². The Morgan fingerprint density at radius 1 is 0.938 bits per heavy atom. The highest BCUT2D eigenvalue weighted by atomic mass is 16.3. The fourth-order valence-corrected chi connectivity index (χ4v) is 4.73. The van der Waals surface area contributed by atoms with Crippen LogP contribution in [0.3, 0.4) is 0 Å². The van der Waals surface area contributed by atoms with Crippen molar-refractivity contribution in [3.63, 3.8) is 0 Å². The van der Waals surface area contributed by atoms with E-state index in [2.05, 4.69) is 57.4 Å². The molecule has 0 saturated heterocycles. The fourth-order valence-electron chi connectivity index (χ4n) is 4.73. The molecule has 168 valence electrons. The number of furan rings is 1. The summed E-state index contributed by atoms with van der Waals surface area (Å²) in [4.78, 5) is 12.7. The van der Waals surface area contributed by atoms with Crippen LogP contribution in [0.1, 0.15) is 79.1 Å². The van der Waals surface area contributed by atoms with Crippen LogP contribution in [0.2, 0.25) is 0 Å². The number of para-hydroxylation sites is 2. The summed E-state index contributed by atoms with van der Waals surface area (Å²) in [5.41, 5.74) is 7.42. The Morgan fingerprint density at radius 3 is 2.22 bits per heavy atom. The molecule has 0 spiro atoms. The molecule has 0 fully saturated rings. The number of carbonyl (C=O) groups excluding carboxylic acids is 1. The van der Waals surface area contributed by atoms with Gasteiger partial charge in [-0.25, -0.2) is 0 Å². The van der Waals surface area contributed by atoms with Gasteiger partial charge in [-0.05, 0) is 77.1 Å². The monoisotopic (exact) mass is 430 g/mol. The molecule has 0 radical (unpaired) electrons. The molecule has 0 unspecified atom stereocenters. The predicted molar refractivity (Wildman–Crippen MR) is 132 cm³/mol. The normalized spacial score (nSPS) is 16.3. The van der Waals surface area contributed by atoms with Crippen LogP contribution in [-0.2, 0) is 17.3 Å². The lowest BCUT2D eigenvalue weighted by Crippen LogP contribution is -2.34. The first-order chi connectivity index (χ1) is 15.1. The van der Waals surface area contributed by atoms with Crippen LogP contribution >= 0.6 is 0 Å². The van der Waals surface area contributed by atoms with Gasteiger partial charge in [0, 0.05) is 13.5 Å². The van der Waals surface area contributed by atoms with Crippen molar-refractivity contribution in [3.05, 3.63) is 82.3 Å². The van der Waals surface area contributed by atoms with Gasteiger partial charge in [0.15, 0.2) is 5.76 Å². The van der Waals surface area contributed by atoms with Gasteiger partial charge in [0.2, 0.25) is 0 Å². The first-order valence-electron chi connectivity index (χ1n) is 11.4. The number of anilines is 2. The van der Waals surface area contributed by atoms with Crippen molar-refractivity contribution < 1.29 is 9.21 Å². The third kappa shape index (κ3) is 4.19. The molecule has 2 aromatic carbocycles. The molecule has 0 bridgehead atoms. The van der Waals surface area contributed by atoms with Gasteiger partial charge >= 0.3 is 0 Å². The Balaban J connectivity index is 1.57. The lowest BCUT2D eigenvalue weighted by Gasteiger charge is -2.42. The minimum atomic E-state index is -0.246. The SMILES string of the molecule is CNc1ccccc1NC(=O)c1ccc(Cc2cc3c(cc2C)C(C)(C)CCC3(C)C)o1. The predicted octanol–water partition coefficient (Wildman–Crippen LogP) is 6.82. The summed E-state index contributed by atoms with van der Waals surface area (Å²) < 4.78 is 5.95. The van der Waals surface area contributed by atoms with Gasteiger partial charge in [0.25, 0.3) is 5.91 Å². The van der Waals surface area contributed by atoms with Crippen molar-refractivity contribution in [2.45, 2.75) is 64.7 Å². The Kier molecular flexibility index (Phi) is 5.66. The molecule has 1 heterocycles. The highest BCUT2D eigenvalue weighted by Crippen LogP contribution is 2.46. The highest BCUT2D eigenvalue weighted by molar-refractivity contribution is 6.04. The van der Waals surface area contributed by atoms with Crippen LogP contribution < -0.4 is 10.6 Å². The van der Waals surface area contributed by atoms with Crippen molar-refractivity contribution in [1.29, 1.82) is 0 Å². The maximum atomic E-state index is 12.7. The second kappa shape index (κ2) is 8.16. The minimum Gasteiger partial charge on any atom is -0.456 e. The van der Waals surface area contributed by atoms with Crippen molar-refractivity contribution >= 4 is 17.3 Å². The molecular weight excluding hydrogens is 396 g/mol. The van der Waals surface area contributed by atoms with Gasteiger partial charge in [-0.1, -0.05) is 52.0 Å². The summed E-state index contributed by atoms with van der Waals surface area (Å²) in [5, 5.41) is 6.02. The van der Waals surface area contributed by atoms with Gasteiger partial charge in [-0.2, -0.15) is 0 Å². The van der Waals surface area contributed by atoms with E-state index in [1.54, 1.807) is 6.07 Å². The molecule has 4 rings (SSSR count). The van der Waals surface area contributed by atoms with E-state index in [1.807, 2.05) is 37.4 Å². The van der Waals surface area contributed by atoms with Crippen LogP contribution in [0.4, 0.5) is 11.4 Å². The van der Waals surface area contributed by atoms with Crippen molar-refractivity contribution in [2.24, 2.45) is 0 Å². The van der Waals surface area contributed by atoms with E-state index in [0.29, 0.717) is 12.2 Å². The number of benzene rings is 2. The van der Waals surface area contributed by atoms with Crippen molar-refractivity contribution in [2.75, 3.05) is 17.7 Å². The van der Waals surface area contributed by atoms with Crippen LogP contribution in [0, 0.1) is 6.92 Å². The largest absolute Gasteiger partial charge is 0.456 e. The Hall–Kier alpha value is -3.01. The van der Waals surface area contributed by atoms with E-state index >= 15 is 0 Å². The zero-order valence-electron chi connectivity index (χ0n) is 20.1. The average molecular weight is 431 g/mol. The van der Waals surface area contributed by atoms with E-state index in [-0.39, 0.29) is 16.7 Å². The summed E-state index contributed by atoms with van der Waals surface area (Å²) in [6.45, 7) is 11.6. The van der Waals surface area contributed by atoms with Crippen LogP contribution in [0.25, 0.3) is 0 Å². The third-order valence-electron chi connectivity index (χ3n) is 7.00. The highest BCUT2D eigenvalue weighted by Gasteiger charge is 2.37. The summed E-state index contributed by atoms with van der Waals surface area (Å²) >= 11 is 0. The third-order valence-corrected chi connectivity index (χ3v) is 7.00.